The highest BCUT2D eigenvalue weighted by atomic mass is 16.4. The molecule has 1 aliphatic heterocycles. The third-order valence-corrected chi connectivity index (χ3v) is 3.58. The van der Waals surface area contributed by atoms with Crippen LogP contribution in [-0.4, -0.2) is 41.4 Å². The highest BCUT2D eigenvalue weighted by Crippen LogP contribution is 2.11. The zero-order chi connectivity index (χ0) is 13.7. The summed E-state index contributed by atoms with van der Waals surface area (Å²) in [5, 5.41) is 8.62. The van der Waals surface area contributed by atoms with Gasteiger partial charge in [0.05, 0.1) is 0 Å². The Morgan fingerprint density at radius 1 is 1.05 bits per heavy atom. The number of carboxylic acids is 1. The first-order valence-electron chi connectivity index (χ1n) is 6.76. The summed E-state index contributed by atoms with van der Waals surface area (Å²) in [7, 11) is 0. The third-order valence-electron chi connectivity index (χ3n) is 3.58. The highest BCUT2D eigenvalue weighted by Gasteiger charge is 2.14. The molecule has 1 fully saturated rings. The maximum Gasteiger partial charge on any atom is 0.377 e. The standard InChI is InChI=1S/C15H19NO3/c17-14(15(18)19)13-6-4-12(5-7-13)8-11-16-9-2-1-3-10-16/h4-7H,1-3,8-11H2,(H,18,19). The molecule has 19 heavy (non-hydrogen) atoms. The smallest absolute Gasteiger partial charge is 0.377 e. The van der Waals surface area contributed by atoms with Gasteiger partial charge in [0, 0.05) is 12.1 Å². The van der Waals surface area contributed by atoms with Crippen LogP contribution >= 0.6 is 0 Å². The quantitative estimate of drug-likeness (QED) is 0.650. The van der Waals surface area contributed by atoms with E-state index >= 15 is 0 Å². The number of ketones is 1. The number of hydrogen-bond donors (Lipinski definition) is 1. The minimum Gasteiger partial charge on any atom is -0.475 e. The highest BCUT2D eigenvalue weighted by molar-refractivity contribution is 6.39. The van der Waals surface area contributed by atoms with Gasteiger partial charge in [-0.05, 0) is 37.9 Å². The SMILES string of the molecule is O=C(O)C(=O)c1ccc(CCN2CCCCC2)cc1. The van der Waals surface area contributed by atoms with Crippen LogP contribution in [0.15, 0.2) is 24.3 Å². The molecule has 0 aromatic heterocycles. The molecule has 102 valence electrons. The first kappa shape index (κ1) is 13.7. The lowest BCUT2D eigenvalue weighted by Gasteiger charge is -2.26. The molecular weight excluding hydrogens is 242 g/mol. The van der Waals surface area contributed by atoms with Crippen LogP contribution < -0.4 is 0 Å². The first-order chi connectivity index (χ1) is 9.16. The maximum atomic E-state index is 11.3. The topological polar surface area (TPSA) is 57.6 Å². The van der Waals surface area contributed by atoms with Crippen LogP contribution in [0.25, 0.3) is 0 Å². The van der Waals surface area contributed by atoms with Gasteiger partial charge in [-0.3, -0.25) is 4.79 Å². The van der Waals surface area contributed by atoms with Crippen LogP contribution in [0.4, 0.5) is 0 Å². The molecule has 0 saturated carbocycles. The second-order valence-electron chi connectivity index (χ2n) is 4.98. The average molecular weight is 261 g/mol. The Kier molecular flexibility index (Phi) is 4.68. The van der Waals surface area contributed by atoms with Crippen molar-refractivity contribution in [3.8, 4) is 0 Å². The van der Waals surface area contributed by atoms with E-state index in [9.17, 15) is 9.59 Å². The Bertz CT molecular complexity index is 447. The van der Waals surface area contributed by atoms with Crippen molar-refractivity contribution in [2.24, 2.45) is 0 Å². The number of rotatable bonds is 5. The number of hydrogen-bond acceptors (Lipinski definition) is 3. The summed E-state index contributed by atoms with van der Waals surface area (Å²) in [4.78, 5) is 24.3. The van der Waals surface area contributed by atoms with Crippen LogP contribution in [-0.2, 0) is 11.2 Å². The molecule has 4 nitrogen and oxygen atoms in total. The van der Waals surface area contributed by atoms with Crippen LogP contribution in [0.1, 0.15) is 35.2 Å². The van der Waals surface area contributed by atoms with Crippen LogP contribution in [0.3, 0.4) is 0 Å². The van der Waals surface area contributed by atoms with Crippen molar-refractivity contribution in [3.63, 3.8) is 0 Å². The molecule has 1 aromatic carbocycles. The molecule has 0 atom stereocenters. The van der Waals surface area contributed by atoms with Gasteiger partial charge in [-0.1, -0.05) is 30.7 Å². The number of piperidine rings is 1. The number of benzene rings is 1. The number of aliphatic carboxylic acids is 1. The Balaban J connectivity index is 1.87. The number of carbonyl (C=O) groups excluding carboxylic acids is 1. The fraction of sp³-hybridized carbons (Fsp3) is 0.467. The van der Waals surface area contributed by atoms with Gasteiger partial charge in [0.25, 0.3) is 5.78 Å². The monoisotopic (exact) mass is 261 g/mol. The summed E-state index contributed by atoms with van der Waals surface area (Å²) in [6.45, 7) is 3.39. The fourth-order valence-electron chi connectivity index (χ4n) is 2.42. The predicted octanol–water partition coefficient (Wildman–Crippen LogP) is 1.98. The predicted molar refractivity (Wildman–Crippen MR) is 72.4 cm³/mol. The van der Waals surface area contributed by atoms with Gasteiger partial charge in [0.1, 0.15) is 0 Å². The molecule has 1 saturated heterocycles. The van der Waals surface area contributed by atoms with Gasteiger partial charge in [0.2, 0.25) is 0 Å². The summed E-state index contributed by atoms with van der Waals surface area (Å²) in [5.74, 6) is -2.25. The van der Waals surface area contributed by atoms with Crippen molar-refractivity contribution < 1.29 is 14.7 Å². The van der Waals surface area contributed by atoms with Crippen molar-refractivity contribution >= 4 is 11.8 Å². The van der Waals surface area contributed by atoms with E-state index in [0.717, 1.165) is 18.5 Å². The van der Waals surface area contributed by atoms with Crippen molar-refractivity contribution in [1.29, 1.82) is 0 Å². The number of likely N-dealkylation sites (tertiary alicyclic amines) is 1. The lowest BCUT2D eigenvalue weighted by atomic mass is 10.1. The second-order valence-corrected chi connectivity index (χ2v) is 4.98. The van der Waals surface area contributed by atoms with E-state index < -0.39 is 11.8 Å². The number of carbonyl (C=O) groups is 2. The van der Waals surface area contributed by atoms with Gasteiger partial charge in [-0.15, -0.1) is 0 Å². The van der Waals surface area contributed by atoms with Crippen LogP contribution in [0, 0.1) is 0 Å². The fourth-order valence-corrected chi connectivity index (χ4v) is 2.42. The average Bonchev–Trinajstić information content (AvgIpc) is 2.46. The molecule has 0 amide bonds. The molecule has 4 heteroatoms. The lowest BCUT2D eigenvalue weighted by Crippen LogP contribution is -2.31. The van der Waals surface area contributed by atoms with E-state index in [1.165, 1.54) is 32.4 Å². The van der Waals surface area contributed by atoms with Crippen LogP contribution in [0.5, 0.6) is 0 Å². The molecule has 0 bridgehead atoms. The van der Waals surface area contributed by atoms with Gasteiger partial charge in [-0.2, -0.15) is 0 Å². The summed E-state index contributed by atoms with van der Waals surface area (Å²) < 4.78 is 0. The maximum absolute atomic E-state index is 11.3. The summed E-state index contributed by atoms with van der Waals surface area (Å²) in [6, 6.07) is 6.89. The molecule has 0 spiro atoms. The lowest BCUT2D eigenvalue weighted by molar-refractivity contribution is -0.131. The second kappa shape index (κ2) is 6.48. The largest absolute Gasteiger partial charge is 0.475 e. The Morgan fingerprint density at radius 3 is 2.26 bits per heavy atom. The van der Waals surface area contributed by atoms with Crippen molar-refractivity contribution in [2.75, 3.05) is 19.6 Å². The summed E-state index contributed by atoms with van der Waals surface area (Å²) in [5.41, 5.74) is 1.39. The zero-order valence-electron chi connectivity index (χ0n) is 11.0. The van der Waals surface area contributed by atoms with Gasteiger partial charge < -0.3 is 10.0 Å². The van der Waals surface area contributed by atoms with E-state index in [1.807, 2.05) is 12.1 Å². The number of Topliss-reactive ketones (excluding diaryl/α,β-unsaturated/α-hetero) is 1. The van der Waals surface area contributed by atoms with E-state index in [1.54, 1.807) is 12.1 Å². The molecule has 1 N–H and O–H groups in total. The zero-order valence-corrected chi connectivity index (χ0v) is 11.0. The molecule has 1 aliphatic rings. The van der Waals surface area contributed by atoms with Crippen LogP contribution in [0.2, 0.25) is 0 Å². The van der Waals surface area contributed by atoms with Crippen molar-refractivity contribution in [2.45, 2.75) is 25.7 Å². The van der Waals surface area contributed by atoms with E-state index in [-0.39, 0.29) is 5.56 Å². The molecule has 1 aromatic rings. The summed E-state index contributed by atoms with van der Waals surface area (Å²) in [6.07, 6.45) is 4.85. The Labute approximate surface area is 113 Å². The molecule has 0 unspecified atom stereocenters. The van der Waals surface area contributed by atoms with E-state index in [2.05, 4.69) is 4.90 Å². The molecule has 0 aliphatic carbocycles. The normalized spacial score (nSPS) is 16.2. The van der Waals surface area contributed by atoms with Crippen molar-refractivity contribution in [3.05, 3.63) is 35.4 Å². The summed E-state index contributed by atoms with van der Waals surface area (Å²) >= 11 is 0. The number of nitrogens with zero attached hydrogens (tertiary/aromatic N) is 1. The minimum atomic E-state index is -1.40. The van der Waals surface area contributed by atoms with E-state index in [4.69, 9.17) is 5.11 Å². The Hall–Kier alpha value is -1.68. The number of carboxylic acid groups (broad SMARTS) is 1. The van der Waals surface area contributed by atoms with Crippen molar-refractivity contribution in [1.82, 2.24) is 4.90 Å². The van der Waals surface area contributed by atoms with Gasteiger partial charge in [0.15, 0.2) is 0 Å². The molecule has 1 heterocycles. The molecular formula is C15H19NO3. The molecule has 0 radical (unpaired) electrons. The van der Waals surface area contributed by atoms with E-state index in [0.29, 0.717) is 0 Å². The Morgan fingerprint density at radius 2 is 1.68 bits per heavy atom. The molecule has 2 rings (SSSR count). The van der Waals surface area contributed by atoms with Gasteiger partial charge in [-0.25, -0.2) is 4.79 Å². The minimum absolute atomic E-state index is 0.245. The third kappa shape index (κ3) is 3.89. The van der Waals surface area contributed by atoms with Gasteiger partial charge >= 0.3 is 5.97 Å². The first-order valence-corrected chi connectivity index (χ1v) is 6.76.